The van der Waals surface area contributed by atoms with Gasteiger partial charge in [-0.25, -0.2) is 25.9 Å². The van der Waals surface area contributed by atoms with Crippen molar-refractivity contribution in [1.82, 2.24) is 9.03 Å². The van der Waals surface area contributed by atoms with Crippen LogP contribution in [0.1, 0.15) is 13.3 Å². The van der Waals surface area contributed by atoms with Crippen LogP contribution in [0.5, 0.6) is 0 Å². The average molecular weight is 287 g/mol. The average Bonchev–Trinajstić information content (AvgIpc) is 2.17. The predicted molar refractivity (Wildman–Crippen MR) is 67.5 cm³/mol. The lowest BCUT2D eigenvalue weighted by atomic mass is 10.3. The molecule has 0 radical (unpaired) electrons. The molecule has 0 saturated heterocycles. The fraction of sp³-hybridized carbons (Fsp3) is 1.00. The van der Waals surface area contributed by atoms with Crippen LogP contribution in [-0.2, 0) is 20.0 Å². The molecule has 0 aliphatic carbocycles. The van der Waals surface area contributed by atoms with E-state index in [9.17, 15) is 16.8 Å². The lowest BCUT2D eigenvalue weighted by Gasteiger charge is -2.15. The Morgan fingerprint density at radius 1 is 1.24 bits per heavy atom. The molecular weight excluding hydrogens is 266 g/mol. The van der Waals surface area contributed by atoms with Gasteiger partial charge in [0.05, 0.1) is 11.0 Å². The third kappa shape index (κ3) is 5.30. The molecule has 9 heteroatoms. The predicted octanol–water partition coefficient (Wildman–Crippen LogP) is -1.47. The highest BCUT2D eigenvalue weighted by Crippen LogP contribution is 2.02. The van der Waals surface area contributed by atoms with Gasteiger partial charge >= 0.3 is 0 Å². The summed E-state index contributed by atoms with van der Waals surface area (Å²) in [5.74, 6) is -0.264. The van der Waals surface area contributed by atoms with Crippen molar-refractivity contribution in [2.45, 2.75) is 18.6 Å². The summed E-state index contributed by atoms with van der Waals surface area (Å²) in [6, 6.07) is 0. The summed E-state index contributed by atoms with van der Waals surface area (Å²) in [6.45, 7) is 1.60. The van der Waals surface area contributed by atoms with Crippen LogP contribution in [0, 0.1) is 0 Å². The fourth-order valence-electron chi connectivity index (χ4n) is 1.13. The van der Waals surface area contributed by atoms with Crippen molar-refractivity contribution in [3.05, 3.63) is 0 Å². The normalized spacial score (nSPS) is 15.1. The van der Waals surface area contributed by atoms with Gasteiger partial charge in [-0.1, -0.05) is 6.92 Å². The second-order valence-corrected chi connectivity index (χ2v) is 8.15. The number of nitrogens with zero attached hydrogens (tertiary/aromatic N) is 1. The maximum absolute atomic E-state index is 11.6. The molecule has 0 bridgehead atoms. The summed E-state index contributed by atoms with van der Waals surface area (Å²) in [5, 5.41) is -0.676. The maximum atomic E-state index is 11.6. The minimum atomic E-state index is -3.53. The van der Waals surface area contributed by atoms with E-state index in [-0.39, 0.29) is 18.8 Å². The van der Waals surface area contributed by atoms with Crippen molar-refractivity contribution in [3.63, 3.8) is 0 Å². The van der Waals surface area contributed by atoms with Gasteiger partial charge in [-0.2, -0.15) is 0 Å². The zero-order valence-electron chi connectivity index (χ0n) is 10.4. The zero-order valence-corrected chi connectivity index (χ0v) is 12.0. The Kier molecular flexibility index (Phi) is 6.56. The molecule has 0 heterocycles. The molecule has 0 aromatic carbocycles. The van der Waals surface area contributed by atoms with E-state index in [4.69, 9.17) is 5.73 Å². The van der Waals surface area contributed by atoms with Crippen LogP contribution in [0.25, 0.3) is 0 Å². The molecule has 0 saturated carbocycles. The fourth-order valence-corrected chi connectivity index (χ4v) is 3.29. The van der Waals surface area contributed by atoms with Gasteiger partial charge in [-0.3, -0.25) is 0 Å². The van der Waals surface area contributed by atoms with Crippen LogP contribution >= 0.6 is 0 Å². The molecule has 0 aromatic rings. The van der Waals surface area contributed by atoms with E-state index < -0.39 is 25.3 Å². The van der Waals surface area contributed by atoms with Crippen molar-refractivity contribution in [2.75, 3.05) is 32.9 Å². The minimum Gasteiger partial charge on any atom is -0.329 e. The quantitative estimate of drug-likeness (QED) is 0.566. The first-order chi connectivity index (χ1) is 7.67. The second-order valence-electron chi connectivity index (χ2n) is 3.80. The Hall–Kier alpha value is -0.220. The Labute approximate surface area is 103 Å². The lowest BCUT2D eigenvalue weighted by Crippen LogP contribution is -2.41. The van der Waals surface area contributed by atoms with Gasteiger partial charge < -0.3 is 5.73 Å². The largest absolute Gasteiger partial charge is 0.329 e. The number of nitrogens with one attached hydrogen (secondary N) is 1. The number of hydrogen-bond acceptors (Lipinski definition) is 5. The Morgan fingerprint density at radius 3 is 2.12 bits per heavy atom. The number of sulfonamides is 2. The van der Waals surface area contributed by atoms with Gasteiger partial charge in [0.2, 0.25) is 20.0 Å². The van der Waals surface area contributed by atoms with Crippen molar-refractivity contribution in [1.29, 1.82) is 0 Å². The van der Waals surface area contributed by atoms with E-state index in [0.717, 1.165) is 4.31 Å². The standard InChI is InChI=1S/C8H21N3O4S2/c1-4-8(7-9)17(14,15)10-5-6-16(12,13)11(2)3/h8,10H,4-7,9H2,1-3H3. The highest BCUT2D eigenvalue weighted by molar-refractivity contribution is 7.90. The molecule has 17 heavy (non-hydrogen) atoms. The zero-order chi connectivity index (χ0) is 13.7. The van der Waals surface area contributed by atoms with Gasteiger partial charge in [0.1, 0.15) is 0 Å². The molecule has 0 aliphatic rings. The van der Waals surface area contributed by atoms with Gasteiger partial charge in [0.25, 0.3) is 0 Å². The summed E-state index contributed by atoms with van der Waals surface area (Å²) in [5.41, 5.74) is 5.33. The van der Waals surface area contributed by atoms with E-state index in [1.54, 1.807) is 6.92 Å². The van der Waals surface area contributed by atoms with Crippen molar-refractivity contribution in [2.24, 2.45) is 5.73 Å². The second kappa shape index (κ2) is 6.64. The first-order valence-corrected chi connectivity index (χ1v) is 8.41. The van der Waals surface area contributed by atoms with Crippen molar-refractivity contribution in [3.8, 4) is 0 Å². The summed E-state index contributed by atoms with van der Waals surface area (Å²) < 4.78 is 49.4. The first-order valence-electron chi connectivity index (χ1n) is 5.26. The maximum Gasteiger partial charge on any atom is 0.215 e. The highest BCUT2D eigenvalue weighted by Gasteiger charge is 2.22. The molecule has 0 rings (SSSR count). The first kappa shape index (κ1) is 16.8. The van der Waals surface area contributed by atoms with E-state index >= 15 is 0 Å². The SMILES string of the molecule is CCC(CN)S(=O)(=O)NCCS(=O)(=O)N(C)C. The summed E-state index contributed by atoms with van der Waals surface area (Å²) >= 11 is 0. The van der Waals surface area contributed by atoms with Crippen LogP contribution in [0.3, 0.4) is 0 Å². The van der Waals surface area contributed by atoms with Gasteiger partial charge in [-0.05, 0) is 6.42 Å². The molecule has 0 fully saturated rings. The molecule has 7 nitrogen and oxygen atoms in total. The lowest BCUT2D eigenvalue weighted by molar-refractivity contribution is 0.519. The Balaban J connectivity index is 4.41. The van der Waals surface area contributed by atoms with Crippen LogP contribution in [0.2, 0.25) is 0 Å². The van der Waals surface area contributed by atoms with E-state index in [1.807, 2.05) is 0 Å². The molecule has 0 aliphatic heterocycles. The van der Waals surface area contributed by atoms with Gasteiger partial charge in [-0.15, -0.1) is 0 Å². The molecule has 3 N–H and O–H groups in total. The third-order valence-corrected chi connectivity index (χ3v) is 6.22. The van der Waals surface area contributed by atoms with Gasteiger partial charge in [0, 0.05) is 27.2 Å². The van der Waals surface area contributed by atoms with Crippen LogP contribution < -0.4 is 10.5 Å². The monoisotopic (exact) mass is 287 g/mol. The topological polar surface area (TPSA) is 110 Å². The smallest absolute Gasteiger partial charge is 0.215 e. The third-order valence-electron chi connectivity index (χ3n) is 2.38. The number of hydrogen-bond donors (Lipinski definition) is 2. The minimum absolute atomic E-state index is 0.0201. The molecule has 0 aromatic heterocycles. The summed E-state index contributed by atoms with van der Waals surface area (Å²) in [7, 11) is -4.11. The molecule has 0 spiro atoms. The van der Waals surface area contributed by atoms with Crippen molar-refractivity contribution >= 4 is 20.0 Å². The molecular formula is C8H21N3O4S2. The van der Waals surface area contributed by atoms with Gasteiger partial charge in [0.15, 0.2) is 0 Å². The molecule has 1 atom stereocenters. The highest BCUT2D eigenvalue weighted by atomic mass is 32.2. The Bertz CT molecular complexity index is 412. The Morgan fingerprint density at radius 2 is 1.76 bits per heavy atom. The van der Waals surface area contributed by atoms with E-state index in [0.29, 0.717) is 6.42 Å². The van der Waals surface area contributed by atoms with Crippen molar-refractivity contribution < 1.29 is 16.8 Å². The van der Waals surface area contributed by atoms with Crippen LogP contribution in [-0.4, -0.2) is 59.3 Å². The van der Waals surface area contributed by atoms with E-state index in [2.05, 4.69) is 4.72 Å². The van der Waals surface area contributed by atoms with Crippen LogP contribution in [0.15, 0.2) is 0 Å². The van der Waals surface area contributed by atoms with E-state index in [1.165, 1.54) is 14.1 Å². The molecule has 1 unspecified atom stereocenters. The summed E-state index contributed by atoms with van der Waals surface area (Å²) in [4.78, 5) is 0. The number of rotatable bonds is 8. The summed E-state index contributed by atoms with van der Waals surface area (Å²) in [6.07, 6.45) is 0.395. The molecule has 104 valence electrons. The number of nitrogens with two attached hydrogens (primary N) is 1. The molecule has 0 amide bonds. The van der Waals surface area contributed by atoms with Crippen LogP contribution in [0.4, 0.5) is 0 Å².